The maximum atomic E-state index is 6.10. The predicted octanol–water partition coefficient (Wildman–Crippen LogP) is 2.64. The van der Waals surface area contributed by atoms with Crippen molar-refractivity contribution in [3.05, 3.63) is 0 Å². The molecule has 1 heterocycles. The SMILES string of the molecule is COC1CCC(NC2CCOC3(CCCC3)C2)C1. The molecule has 3 unspecified atom stereocenters. The largest absolute Gasteiger partial charge is 0.381 e. The summed E-state index contributed by atoms with van der Waals surface area (Å²) >= 11 is 0. The first kappa shape index (κ1) is 12.9. The third-order valence-corrected chi connectivity index (χ3v) is 5.20. The molecule has 0 aromatic rings. The van der Waals surface area contributed by atoms with Gasteiger partial charge in [0.25, 0.3) is 0 Å². The van der Waals surface area contributed by atoms with E-state index in [0.717, 1.165) is 6.61 Å². The summed E-state index contributed by atoms with van der Waals surface area (Å²) in [6, 6.07) is 1.36. The summed E-state index contributed by atoms with van der Waals surface area (Å²) in [6.07, 6.45) is 11.9. The Bertz CT molecular complexity index is 276. The van der Waals surface area contributed by atoms with E-state index < -0.39 is 0 Å². The van der Waals surface area contributed by atoms with Gasteiger partial charge >= 0.3 is 0 Å². The smallest absolute Gasteiger partial charge is 0.0697 e. The molecular weight excluding hydrogens is 226 g/mol. The van der Waals surface area contributed by atoms with Gasteiger partial charge in [0, 0.05) is 25.8 Å². The lowest BCUT2D eigenvalue weighted by Crippen LogP contribution is -2.48. The van der Waals surface area contributed by atoms with E-state index in [-0.39, 0.29) is 5.60 Å². The van der Waals surface area contributed by atoms with Crippen LogP contribution in [0.5, 0.6) is 0 Å². The maximum Gasteiger partial charge on any atom is 0.0697 e. The lowest BCUT2D eigenvalue weighted by molar-refractivity contribution is -0.0847. The first-order chi connectivity index (χ1) is 8.80. The number of hydrogen-bond donors (Lipinski definition) is 1. The maximum absolute atomic E-state index is 6.10. The molecule has 3 fully saturated rings. The molecule has 3 aliphatic rings. The lowest BCUT2D eigenvalue weighted by atomic mass is 9.88. The van der Waals surface area contributed by atoms with Crippen LogP contribution in [0, 0.1) is 0 Å². The van der Waals surface area contributed by atoms with Gasteiger partial charge in [-0.05, 0) is 44.9 Å². The van der Waals surface area contributed by atoms with Crippen LogP contribution in [-0.2, 0) is 9.47 Å². The Hall–Kier alpha value is -0.120. The Morgan fingerprint density at radius 1 is 1.11 bits per heavy atom. The predicted molar refractivity (Wildman–Crippen MR) is 71.7 cm³/mol. The molecule has 18 heavy (non-hydrogen) atoms. The Morgan fingerprint density at radius 2 is 1.94 bits per heavy atom. The van der Waals surface area contributed by atoms with E-state index in [1.807, 2.05) is 7.11 Å². The molecule has 1 saturated heterocycles. The van der Waals surface area contributed by atoms with E-state index in [1.165, 1.54) is 57.8 Å². The molecule has 2 saturated carbocycles. The minimum atomic E-state index is 0.245. The van der Waals surface area contributed by atoms with Crippen LogP contribution in [0.15, 0.2) is 0 Å². The first-order valence-corrected chi connectivity index (χ1v) is 7.72. The van der Waals surface area contributed by atoms with Crippen LogP contribution in [0.4, 0.5) is 0 Å². The second-order valence-electron chi connectivity index (χ2n) is 6.46. The monoisotopic (exact) mass is 253 g/mol. The van der Waals surface area contributed by atoms with Crippen LogP contribution in [0.1, 0.15) is 57.8 Å². The zero-order chi connectivity index (χ0) is 12.4. The van der Waals surface area contributed by atoms with Gasteiger partial charge in [0.1, 0.15) is 0 Å². The van der Waals surface area contributed by atoms with Crippen molar-refractivity contribution in [3.63, 3.8) is 0 Å². The van der Waals surface area contributed by atoms with E-state index in [9.17, 15) is 0 Å². The Morgan fingerprint density at radius 3 is 2.67 bits per heavy atom. The molecule has 104 valence electrons. The molecule has 0 aromatic carbocycles. The average Bonchev–Trinajstić information content (AvgIpc) is 2.99. The van der Waals surface area contributed by atoms with E-state index in [2.05, 4.69) is 5.32 Å². The molecule has 3 heteroatoms. The number of ether oxygens (including phenoxy) is 2. The minimum Gasteiger partial charge on any atom is -0.381 e. The van der Waals surface area contributed by atoms with Gasteiger partial charge in [0.2, 0.25) is 0 Å². The Labute approximate surface area is 111 Å². The Balaban J connectivity index is 1.51. The Kier molecular flexibility index (Phi) is 3.92. The van der Waals surface area contributed by atoms with Crippen molar-refractivity contribution in [2.75, 3.05) is 13.7 Å². The summed E-state index contributed by atoms with van der Waals surface area (Å²) in [6.45, 7) is 0.956. The molecule has 3 atom stereocenters. The summed E-state index contributed by atoms with van der Waals surface area (Å²) in [5, 5.41) is 3.87. The molecule has 0 aromatic heterocycles. The standard InChI is InChI=1S/C15H27NO2/c1-17-14-5-4-12(10-14)16-13-6-9-18-15(11-13)7-2-3-8-15/h12-14,16H,2-11H2,1H3. The normalized spacial score (nSPS) is 39.5. The zero-order valence-electron chi connectivity index (χ0n) is 11.6. The van der Waals surface area contributed by atoms with E-state index in [1.54, 1.807) is 0 Å². The van der Waals surface area contributed by atoms with Gasteiger partial charge < -0.3 is 14.8 Å². The molecule has 3 rings (SSSR count). The van der Waals surface area contributed by atoms with Crippen LogP contribution in [0.25, 0.3) is 0 Å². The van der Waals surface area contributed by atoms with Crippen LogP contribution in [-0.4, -0.2) is 37.5 Å². The molecule has 3 nitrogen and oxygen atoms in total. The number of methoxy groups -OCH3 is 1. The minimum absolute atomic E-state index is 0.245. The highest BCUT2D eigenvalue weighted by Crippen LogP contribution is 2.40. The van der Waals surface area contributed by atoms with Crippen LogP contribution < -0.4 is 5.32 Å². The van der Waals surface area contributed by atoms with Crippen molar-refractivity contribution in [3.8, 4) is 0 Å². The van der Waals surface area contributed by atoms with Crippen LogP contribution >= 0.6 is 0 Å². The second kappa shape index (κ2) is 5.48. The summed E-state index contributed by atoms with van der Waals surface area (Å²) in [4.78, 5) is 0. The van der Waals surface area contributed by atoms with Crippen molar-refractivity contribution in [2.24, 2.45) is 0 Å². The van der Waals surface area contributed by atoms with Crippen molar-refractivity contribution >= 4 is 0 Å². The van der Waals surface area contributed by atoms with E-state index >= 15 is 0 Å². The van der Waals surface area contributed by atoms with Gasteiger partial charge in [-0.15, -0.1) is 0 Å². The second-order valence-corrected chi connectivity index (χ2v) is 6.46. The van der Waals surface area contributed by atoms with Gasteiger partial charge in [-0.2, -0.15) is 0 Å². The quantitative estimate of drug-likeness (QED) is 0.838. The highest BCUT2D eigenvalue weighted by Gasteiger charge is 2.40. The fourth-order valence-corrected chi connectivity index (χ4v) is 4.18. The molecule has 1 spiro atoms. The van der Waals surface area contributed by atoms with Crippen molar-refractivity contribution in [1.82, 2.24) is 5.32 Å². The zero-order valence-corrected chi connectivity index (χ0v) is 11.6. The van der Waals surface area contributed by atoms with Gasteiger partial charge in [-0.1, -0.05) is 12.8 Å². The molecule has 1 aliphatic heterocycles. The summed E-state index contributed by atoms with van der Waals surface area (Å²) < 4.78 is 11.6. The van der Waals surface area contributed by atoms with E-state index in [0.29, 0.717) is 18.2 Å². The van der Waals surface area contributed by atoms with Crippen LogP contribution in [0.2, 0.25) is 0 Å². The summed E-state index contributed by atoms with van der Waals surface area (Å²) in [5.74, 6) is 0. The van der Waals surface area contributed by atoms with Gasteiger partial charge in [0.05, 0.1) is 11.7 Å². The highest BCUT2D eigenvalue weighted by molar-refractivity contribution is 4.95. The molecular formula is C15H27NO2. The molecule has 0 bridgehead atoms. The topological polar surface area (TPSA) is 30.5 Å². The third-order valence-electron chi connectivity index (χ3n) is 5.20. The highest BCUT2D eigenvalue weighted by atomic mass is 16.5. The fraction of sp³-hybridized carbons (Fsp3) is 1.00. The van der Waals surface area contributed by atoms with Crippen molar-refractivity contribution in [1.29, 1.82) is 0 Å². The summed E-state index contributed by atoms with van der Waals surface area (Å²) in [5.41, 5.74) is 0.245. The first-order valence-electron chi connectivity index (χ1n) is 7.72. The fourth-order valence-electron chi connectivity index (χ4n) is 4.18. The number of rotatable bonds is 3. The van der Waals surface area contributed by atoms with Crippen LogP contribution in [0.3, 0.4) is 0 Å². The van der Waals surface area contributed by atoms with Gasteiger partial charge in [0.15, 0.2) is 0 Å². The van der Waals surface area contributed by atoms with Crippen molar-refractivity contribution in [2.45, 2.75) is 81.6 Å². The molecule has 0 radical (unpaired) electrons. The number of hydrogen-bond acceptors (Lipinski definition) is 3. The van der Waals surface area contributed by atoms with E-state index in [4.69, 9.17) is 9.47 Å². The number of nitrogens with one attached hydrogen (secondary N) is 1. The van der Waals surface area contributed by atoms with Gasteiger partial charge in [-0.25, -0.2) is 0 Å². The third kappa shape index (κ3) is 2.73. The molecule has 0 amide bonds. The lowest BCUT2D eigenvalue weighted by Gasteiger charge is -2.39. The van der Waals surface area contributed by atoms with Crippen molar-refractivity contribution < 1.29 is 9.47 Å². The molecule has 1 N–H and O–H groups in total. The summed E-state index contributed by atoms with van der Waals surface area (Å²) in [7, 11) is 1.84. The van der Waals surface area contributed by atoms with Gasteiger partial charge in [-0.3, -0.25) is 0 Å². The molecule has 2 aliphatic carbocycles. The average molecular weight is 253 g/mol.